The standard InChI is InChI=1S/C72H96.H3O3P/c1-41-33-47(55(69(17,18)19)37-51(41)65(5,6)7)61-59-45-31-29-30-32-46(45)60(59)62(48-34-42(2)52(66(8,9)10)38-56(48)70(20,21)22)64(50-36-44(4)54(68(14,15)16)40-58(50)72(26,27)28)63(61)49-35-43(3)53(67(11,12)13)39-57(49)71(23,24)25;1-4(2)3/h29-40H,1-28H3;1-3H. The Morgan fingerprint density at radius 3 is 0.526 bits per heavy atom. The number of aryl methyl sites for hydroxylation is 4. The highest BCUT2D eigenvalue weighted by Crippen LogP contribution is 2.65. The summed E-state index contributed by atoms with van der Waals surface area (Å²) < 4.78 is 0. The Balaban J connectivity index is 0.00000226. The van der Waals surface area contributed by atoms with Crippen molar-refractivity contribution in [3.8, 4) is 66.8 Å². The van der Waals surface area contributed by atoms with Gasteiger partial charge < -0.3 is 14.7 Å². The van der Waals surface area contributed by atoms with Crippen molar-refractivity contribution in [3.63, 3.8) is 0 Å². The van der Waals surface area contributed by atoms with Gasteiger partial charge in [0.2, 0.25) is 0 Å². The van der Waals surface area contributed by atoms with Crippen LogP contribution in [-0.4, -0.2) is 14.7 Å². The average molecular weight is 1040 g/mol. The summed E-state index contributed by atoms with van der Waals surface area (Å²) in [5.74, 6) is 0. The average Bonchev–Trinajstić information content (AvgIpc) is 3.20. The summed E-state index contributed by atoms with van der Waals surface area (Å²) in [5, 5.41) is 0. The fraction of sp³-hybridized carbons (Fsp3) is 0.500. The molecule has 1 aliphatic carbocycles. The number of hydrogen-bond acceptors (Lipinski definition) is 3. The lowest BCUT2D eigenvalue weighted by Crippen LogP contribution is -2.22. The van der Waals surface area contributed by atoms with Crippen molar-refractivity contribution >= 4 is 8.60 Å². The van der Waals surface area contributed by atoms with Gasteiger partial charge in [0.25, 0.3) is 0 Å². The Hall–Kier alpha value is -4.37. The first kappa shape index (κ1) is 60.9. The van der Waals surface area contributed by atoms with Gasteiger partial charge in [-0.3, -0.25) is 0 Å². The molecule has 0 fully saturated rings. The van der Waals surface area contributed by atoms with E-state index in [1.165, 1.54) is 134 Å². The Morgan fingerprint density at radius 1 is 0.237 bits per heavy atom. The molecule has 7 rings (SSSR count). The van der Waals surface area contributed by atoms with Gasteiger partial charge in [-0.05, 0) is 205 Å². The van der Waals surface area contributed by atoms with E-state index in [4.69, 9.17) is 14.7 Å². The first-order valence-electron chi connectivity index (χ1n) is 28.0. The van der Waals surface area contributed by atoms with Crippen molar-refractivity contribution in [2.45, 2.75) is 237 Å². The molecule has 0 radical (unpaired) electrons. The molecule has 0 aromatic heterocycles. The van der Waals surface area contributed by atoms with Crippen molar-refractivity contribution in [1.82, 2.24) is 0 Å². The summed E-state index contributed by atoms with van der Waals surface area (Å²) in [6, 6.07) is 30.3. The molecule has 3 N–H and O–H groups in total. The molecule has 0 saturated carbocycles. The molecule has 0 bridgehead atoms. The third kappa shape index (κ3) is 11.8. The molecular formula is C72H99O3P. The van der Waals surface area contributed by atoms with Crippen LogP contribution in [0.2, 0.25) is 0 Å². The van der Waals surface area contributed by atoms with E-state index in [1.54, 1.807) is 0 Å². The second-order valence-electron chi connectivity index (χ2n) is 30.9. The van der Waals surface area contributed by atoms with Gasteiger partial charge in [-0.1, -0.05) is 239 Å². The lowest BCUT2D eigenvalue weighted by atomic mass is 9.63. The Morgan fingerprint density at radius 2 is 0.382 bits per heavy atom. The van der Waals surface area contributed by atoms with Crippen LogP contribution in [-0.2, 0) is 43.3 Å². The van der Waals surface area contributed by atoms with Crippen LogP contribution in [0.1, 0.15) is 233 Å². The second-order valence-corrected chi connectivity index (χ2v) is 31.5. The first-order valence-corrected chi connectivity index (χ1v) is 29.2. The lowest BCUT2D eigenvalue weighted by molar-refractivity contribution is 0.368. The van der Waals surface area contributed by atoms with E-state index < -0.39 is 8.60 Å². The van der Waals surface area contributed by atoms with Crippen molar-refractivity contribution in [2.75, 3.05) is 0 Å². The third-order valence-electron chi connectivity index (χ3n) is 16.0. The summed E-state index contributed by atoms with van der Waals surface area (Å²) in [4.78, 5) is 21.7. The monoisotopic (exact) mass is 1040 g/mol. The molecule has 0 saturated heterocycles. The molecule has 0 spiro atoms. The molecule has 0 atom stereocenters. The van der Waals surface area contributed by atoms with Gasteiger partial charge in [0.15, 0.2) is 0 Å². The van der Waals surface area contributed by atoms with E-state index in [-0.39, 0.29) is 43.3 Å². The van der Waals surface area contributed by atoms with Crippen LogP contribution in [0, 0.1) is 27.7 Å². The maximum absolute atomic E-state index is 7.23. The van der Waals surface area contributed by atoms with E-state index in [2.05, 4.69) is 267 Å². The van der Waals surface area contributed by atoms with Gasteiger partial charge in [-0.2, -0.15) is 0 Å². The smallest absolute Gasteiger partial charge is 0.324 e. The fourth-order valence-corrected chi connectivity index (χ4v) is 12.6. The van der Waals surface area contributed by atoms with Gasteiger partial charge in [-0.25, -0.2) is 0 Å². The number of hydrogen-bond donors (Lipinski definition) is 3. The van der Waals surface area contributed by atoms with Crippen molar-refractivity contribution < 1.29 is 14.7 Å². The molecule has 3 nitrogen and oxygen atoms in total. The van der Waals surface area contributed by atoms with E-state index >= 15 is 0 Å². The summed E-state index contributed by atoms with van der Waals surface area (Å²) in [6.45, 7) is 67.4. The fourth-order valence-electron chi connectivity index (χ4n) is 12.6. The minimum atomic E-state index is -2.62. The molecule has 410 valence electrons. The zero-order valence-corrected chi connectivity index (χ0v) is 53.6. The van der Waals surface area contributed by atoms with Crippen molar-refractivity contribution in [1.29, 1.82) is 0 Å². The molecule has 0 aliphatic heterocycles. The maximum atomic E-state index is 7.23. The molecule has 0 heterocycles. The normalized spacial score (nSPS) is 13.6. The number of fused-ring (bicyclic) bond motifs is 4. The highest BCUT2D eigenvalue weighted by molar-refractivity contribution is 7.38. The summed E-state index contributed by atoms with van der Waals surface area (Å²) in [7, 11) is -2.62. The summed E-state index contributed by atoms with van der Waals surface area (Å²) in [5.41, 5.74) is 32.2. The maximum Gasteiger partial charge on any atom is 0.324 e. The van der Waals surface area contributed by atoms with Crippen LogP contribution in [0.25, 0.3) is 66.8 Å². The van der Waals surface area contributed by atoms with Gasteiger partial charge in [0.05, 0.1) is 0 Å². The zero-order valence-electron chi connectivity index (χ0n) is 52.7. The van der Waals surface area contributed by atoms with Crippen LogP contribution < -0.4 is 0 Å². The SMILES string of the molecule is Cc1cc(-c2c3c(c(-c4cc(C)c(C(C)(C)C)cc4C(C)(C)C)c(-c4cc(C)c(C(C)(C)C)cc4C(C)(C)C)c2-c2cc(C)c(C(C)(C)C)cc2C(C)(C)C)-c2ccccc2-3)c(C(C)(C)C)cc1C(C)(C)C.OP(O)O. The molecule has 0 unspecified atom stereocenters. The Labute approximate surface area is 464 Å². The minimum absolute atomic E-state index is 0.0220. The predicted octanol–water partition coefficient (Wildman–Crippen LogP) is 20.8. The molecule has 0 amide bonds. The summed E-state index contributed by atoms with van der Waals surface area (Å²) >= 11 is 0. The highest BCUT2D eigenvalue weighted by Gasteiger charge is 2.42. The molecule has 76 heavy (non-hydrogen) atoms. The molecular weight excluding hydrogens is 944 g/mol. The van der Waals surface area contributed by atoms with Crippen LogP contribution in [0.3, 0.4) is 0 Å². The largest absolute Gasteiger partial charge is 0.328 e. The van der Waals surface area contributed by atoms with Gasteiger partial charge in [0, 0.05) is 0 Å². The van der Waals surface area contributed by atoms with E-state index in [0.29, 0.717) is 0 Å². The minimum Gasteiger partial charge on any atom is -0.328 e. The van der Waals surface area contributed by atoms with E-state index in [9.17, 15) is 0 Å². The van der Waals surface area contributed by atoms with Gasteiger partial charge in [0.1, 0.15) is 0 Å². The number of rotatable bonds is 4. The van der Waals surface area contributed by atoms with E-state index in [0.717, 1.165) is 0 Å². The molecule has 1 aliphatic rings. The van der Waals surface area contributed by atoms with Crippen molar-refractivity contribution in [2.24, 2.45) is 0 Å². The lowest BCUT2D eigenvalue weighted by Gasteiger charge is -2.40. The Kier molecular flexibility index (Phi) is 16.1. The van der Waals surface area contributed by atoms with Crippen LogP contribution >= 0.6 is 8.60 Å². The quantitative estimate of drug-likeness (QED) is 0.154. The predicted molar refractivity (Wildman–Crippen MR) is 335 cm³/mol. The van der Waals surface area contributed by atoms with Crippen molar-refractivity contribution in [3.05, 3.63) is 140 Å². The zero-order chi connectivity index (χ0) is 57.9. The summed E-state index contributed by atoms with van der Waals surface area (Å²) in [6.07, 6.45) is 0. The highest BCUT2D eigenvalue weighted by atomic mass is 31.2. The van der Waals surface area contributed by atoms with Crippen LogP contribution in [0.4, 0.5) is 0 Å². The Bertz CT molecular complexity index is 2990. The second kappa shape index (κ2) is 20.1. The van der Waals surface area contributed by atoms with Gasteiger partial charge >= 0.3 is 8.60 Å². The van der Waals surface area contributed by atoms with Crippen LogP contribution in [0.5, 0.6) is 0 Å². The number of benzene rings is 6. The van der Waals surface area contributed by atoms with E-state index in [1.807, 2.05) is 0 Å². The molecule has 6 aromatic rings. The topological polar surface area (TPSA) is 60.7 Å². The molecule has 6 aromatic carbocycles. The van der Waals surface area contributed by atoms with Crippen LogP contribution in [0.15, 0.2) is 72.8 Å². The van der Waals surface area contributed by atoms with Gasteiger partial charge in [-0.15, -0.1) is 0 Å². The molecule has 4 heteroatoms. The third-order valence-corrected chi connectivity index (χ3v) is 16.0. The first-order chi connectivity index (χ1) is 34.2.